The summed E-state index contributed by atoms with van der Waals surface area (Å²) in [6, 6.07) is 1.77. The van der Waals surface area contributed by atoms with E-state index in [0.717, 1.165) is 17.3 Å². The van der Waals surface area contributed by atoms with Crippen molar-refractivity contribution in [3.63, 3.8) is 0 Å². The molecule has 0 aliphatic heterocycles. The highest BCUT2D eigenvalue weighted by Crippen LogP contribution is 2.46. The molecule has 0 radical (unpaired) electrons. The van der Waals surface area contributed by atoms with Crippen molar-refractivity contribution in [3.8, 4) is 0 Å². The Morgan fingerprint density at radius 3 is 2.27 bits per heavy atom. The molecule has 1 fully saturated rings. The Labute approximate surface area is 252 Å². The Hall–Kier alpha value is -1.34. The van der Waals surface area contributed by atoms with Gasteiger partial charge < -0.3 is 18.6 Å². The maximum absolute atomic E-state index is 13.2. The number of carbonyl (C=O) groups excluding carboxylic acids is 1. The van der Waals surface area contributed by atoms with Gasteiger partial charge >= 0.3 is 0 Å². The van der Waals surface area contributed by atoms with Gasteiger partial charge in [-0.1, -0.05) is 62.3 Å². The fourth-order valence-electron chi connectivity index (χ4n) is 6.10. The minimum Gasteiger partial charge on any atom is -0.460 e. The number of anilines is 1. The Morgan fingerprint density at radius 1 is 1.12 bits per heavy atom. The largest absolute Gasteiger partial charge is 0.460 e. The van der Waals surface area contributed by atoms with E-state index in [2.05, 4.69) is 107 Å². The van der Waals surface area contributed by atoms with E-state index < -0.39 is 16.6 Å². The number of hydrogen-bond acceptors (Lipinski definition) is 7. The molecule has 0 bridgehead atoms. The molecule has 1 aliphatic rings. The zero-order valence-electron chi connectivity index (χ0n) is 26.3. The number of carbonyl (C=O) groups is 1. The predicted molar refractivity (Wildman–Crippen MR) is 171 cm³/mol. The number of halogens is 1. The van der Waals surface area contributed by atoms with Gasteiger partial charge in [0.05, 0.1) is 16.1 Å². The topological polar surface area (TPSA) is 86.5 Å². The number of nitrogens with one attached hydrogen (secondary N) is 1. The van der Waals surface area contributed by atoms with Crippen LogP contribution in [0, 0.1) is 5.92 Å². The number of ketones is 1. The van der Waals surface area contributed by atoms with Crippen LogP contribution in [0.4, 0.5) is 5.82 Å². The number of aromatic nitrogens is 2. The van der Waals surface area contributed by atoms with Crippen LogP contribution in [0.5, 0.6) is 0 Å². The molecule has 40 heavy (non-hydrogen) atoms. The van der Waals surface area contributed by atoms with E-state index in [-0.39, 0.29) is 34.6 Å². The van der Waals surface area contributed by atoms with Crippen molar-refractivity contribution < 1.29 is 18.1 Å². The summed E-state index contributed by atoms with van der Waals surface area (Å²) in [5.74, 6) is 0.793. The molecule has 10 heteroatoms. The first-order valence-corrected chi connectivity index (χ1v) is 20.5. The number of furan rings is 1. The second-order valence-electron chi connectivity index (χ2n) is 13.9. The van der Waals surface area contributed by atoms with E-state index in [0.29, 0.717) is 34.6 Å². The standard InChI is InChI=1S/C30H50BrN3O4Si2/c1-19(2)40(20(3)4,21(5)6)38-26-14-24(12-22(26)16-37-39(10,11)30(7,8)9)34-29-25(15-32-18-33-29)28(35)27-13-23(31)17-36-27/h13,15,17-22,24,26H,12,14,16H2,1-11H3,(H,32,33,34)/t22-,24-,26+/m1/s1. The Morgan fingerprint density at radius 2 is 1.75 bits per heavy atom. The van der Waals surface area contributed by atoms with Crippen LogP contribution in [0.2, 0.25) is 34.8 Å². The van der Waals surface area contributed by atoms with Crippen LogP contribution >= 0.6 is 15.9 Å². The summed E-state index contributed by atoms with van der Waals surface area (Å²) < 4.78 is 20.3. The smallest absolute Gasteiger partial charge is 0.233 e. The lowest BCUT2D eigenvalue weighted by molar-refractivity contribution is 0.0971. The molecule has 1 saturated carbocycles. The normalized spacial score (nSPS) is 20.6. The minimum absolute atomic E-state index is 0.0863. The molecular weight excluding hydrogens is 602 g/mol. The van der Waals surface area contributed by atoms with Crippen molar-refractivity contribution in [1.29, 1.82) is 0 Å². The first-order valence-electron chi connectivity index (χ1n) is 14.7. The fourth-order valence-corrected chi connectivity index (χ4v) is 13.1. The predicted octanol–water partition coefficient (Wildman–Crippen LogP) is 8.84. The van der Waals surface area contributed by atoms with Crippen molar-refractivity contribution >= 4 is 44.2 Å². The average Bonchev–Trinajstić information content (AvgIpc) is 3.45. The Bertz CT molecular complexity index is 1120. The van der Waals surface area contributed by atoms with Crippen LogP contribution in [0.15, 0.2) is 33.7 Å². The molecule has 0 aromatic carbocycles. The monoisotopic (exact) mass is 651 g/mol. The lowest BCUT2D eigenvalue weighted by atomic mass is 10.1. The maximum atomic E-state index is 13.2. The molecule has 2 aromatic rings. The molecule has 2 aromatic heterocycles. The summed E-state index contributed by atoms with van der Waals surface area (Å²) in [6.07, 6.45) is 6.36. The molecule has 0 spiro atoms. The Kier molecular flexibility index (Phi) is 10.7. The van der Waals surface area contributed by atoms with Crippen LogP contribution in [-0.2, 0) is 8.85 Å². The molecule has 0 unspecified atom stereocenters. The highest BCUT2D eigenvalue weighted by atomic mass is 79.9. The van der Waals surface area contributed by atoms with Gasteiger partial charge in [-0.2, -0.15) is 0 Å². The van der Waals surface area contributed by atoms with E-state index in [9.17, 15) is 4.79 Å². The first-order chi connectivity index (χ1) is 18.5. The lowest BCUT2D eigenvalue weighted by Gasteiger charge is -2.45. The molecule has 1 N–H and O–H groups in total. The van der Waals surface area contributed by atoms with Gasteiger partial charge in [0.2, 0.25) is 14.1 Å². The quantitative estimate of drug-likeness (QED) is 0.181. The van der Waals surface area contributed by atoms with E-state index in [1.807, 2.05) is 0 Å². The Balaban J connectivity index is 1.89. The summed E-state index contributed by atoms with van der Waals surface area (Å²) in [6.45, 7) is 26.2. The average molecular weight is 653 g/mol. The van der Waals surface area contributed by atoms with Crippen molar-refractivity contribution in [2.45, 2.75) is 122 Å². The zero-order valence-corrected chi connectivity index (χ0v) is 29.9. The molecule has 3 atom stereocenters. The van der Waals surface area contributed by atoms with Gasteiger partial charge in [0.15, 0.2) is 14.1 Å². The van der Waals surface area contributed by atoms with Crippen LogP contribution in [-0.4, -0.2) is 51.1 Å². The van der Waals surface area contributed by atoms with E-state index in [4.69, 9.17) is 13.3 Å². The van der Waals surface area contributed by atoms with Crippen molar-refractivity contribution in [3.05, 3.63) is 40.7 Å². The van der Waals surface area contributed by atoms with Gasteiger partial charge in [-0.25, -0.2) is 9.97 Å². The first kappa shape index (κ1) is 33.2. The van der Waals surface area contributed by atoms with E-state index >= 15 is 0 Å². The van der Waals surface area contributed by atoms with Crippen LogP contribution in [0.25, 0.3) is 0 Å². The van der Waals surface area contributed by atoms with E-state index in [1.165, 1.54) is 12.6 Å². The summed E-state index contributed by atoms with van der Waals surface area (Å²) in [5, 5.41) is 3.74. The van der Waals surface area contributed by atoms with E-state index in [1.54, 1.807) is 12.3 Å². The second kappa shape index (κ2) is 12.9. The van der Waals surface area contributed by atoms with Crippen LogP contribution in [0.3, 0.4) is 0 Å². The molecule has 224 valence electrons. The van der Waals surface area contributed by atoms with Gasteiger partial charge in [-0.3, -0.25) is 4.79 Å². The number of hydrogen-bond donors (Lipinski definition) is 1. The summed E-state index contributed by atoms with van der Waals surface area (Å²) >= 11 is 3.36. The van der Waals surface area contributed by atoms with Gasteiger partial charge in [0, 0.05) is 30.8 Å². The second-order valence-corrected chi connectivity index (χ2v) is 25.0. The van der Waals surface area contributed by atoms with Gasteiger partial charge in [0.1, 0.15) is 18.4 Å². The zero-order chi connectivity index (χ0) is 30.0. The summed E-state index contributed by atoms with van der Waals surface area (Å²) in [4.78, 5) is 21.8. The summed E-state index contributed by atoms with van der Waals surface area (Å²) in [5.41, 5.74) is 1.90. The highest BCUT2D eigenvalue weighted by molar-refractivity contribution is 9.10. The molecular formula is C30H50BrN3O4Si2. The number of rotatable bonds is 12. The third-order valence-electron chi connectivity index (χ3n) is 9.25. The minimum atomic E-state index is -2.11. The molecule has 1 aliphatic carbocycles. The molecule has 7 nitrogen and oxygen atoms in total. The third kappa shape index (κ3) is 7.17. The van der Waals surface area contributed by atoms with Crippen molar-refractivity contribution in [1.82, 2.24) is 9.97 Å². The maximum Gasteiger partial charge on any atom is 0.233 e. The van der Waals surface area contributed by atoms with Crippen LogP contribution < -0.4 is 5.32 Å². The molecule has 0 saturated heterocycles. The fraction of sp³-hybridized carbons (Fsp3) is 0.700. The van der Waals surface area contributed by atoms with Crippen LogP contribution in [0.1, 0.15) is 91.3 Å². The molecule has 3 rings (SSSR count). The number of nitrogens with zero attached hydrogens (tertiary/aromatic N) is 2. The van der Waals surface area contributed by atoms with Gasteiger partial charge in [-0.05, 0) is 63.5 Å². The molecule has 0 amide bonds. The van der Waals surface area contributed by atoms with Crippen molar-refractivity contribution in [2.75, 3.05) is 11.9 Å². The van der Waals surface area contributed by atoms with Gasteiger partial charge in [-0.15, -0.1) is 0 Å². The third-order valence-corrected chi connectivity index (χ3v) is 20.3. The SMILES string of the molecule is CC(C)[Si](O[C@H]1C[C@H](Nc2ncncc2C(=O)c2cc(Br)co2)C[C@@H]1CO[Si](C)(C)C(C)(C)C)(C(C)C)C(C)C. The lowest BCUT2D eigenvalue weighted by Crippen LogP contribution is -2.51. The summed E-state index contributed by atoms with van der Waals surface area (Å²) in [7, 11) is -4.03. The van der Waals surface area contributed by atoms with Crippen molar-refractivity contribution in [2.24, 2.45) is 5.92 Å². The van der Waals surface area contributed by atoms with Gasteiger partial charge in [0.25, 0.3) is 0 Å². The molecule has 2 heterocycles. The highest BCUT2D eigenvalue weighted by Gasteiger charge is 2.50.